The van der Waals surface area contributed by atoms with Crippen molar-refractivity contribution in [2.75, 3.05) is 13.7 Å². The third-order valence-electron chi connectivity index (χ3n) is 2.94. The SMILES string of the molecule is CCCCC.COC1CCOC(c2ccccc2)O1. The highest BCUT2D eigenvalue weighted by Crippen LogP contribution is 2.25. The lowest BCUT2D eigenvalue weighted by molar-refractivity contribution is -0.282. The second kappa shape index (κ2) is 9.96. The molecule has 0 spiro atoms. The van der Waals surface area contributed by atoms with Crippen LogP contribution in [-0.2, 0) is 14.2 Å². The van der Waals surface area contributed by atoms with E-state index in [0.29, 0.717) is 6.61 Å². The van der Waals surface area contributed by atoms with Gasteiger partial charge in [-0.05, 0) is 0 Å². The second-order valence-corrected chi connectivity index (χ2v) is 4.56. The Morgan fingerprint density at radius 1 is 1.16 bits per heavy atom. The van der Waals surface area contributed by atoms with Crippen LogP contribution in [0.3, 0.4) is 0 Å². The van der Waals surface area contributed by atoms with Gasteiger partial charge in [0.2, 0.25) is 0 Å². The first-order chi connectivity index (χ1) is 9.31. The molecule has 0 radical (unpaired) electrons. The molecule has 0 amide bonds. The molecule has 3 nitrogen and oxygen atoms in total. The molecule has 0 aliphatic carbocycles. The first-order valence-corrected chi connectivity index (χ1v) is 7.16. The lowest BCUT2D eigenvalue weighted by atomic mass is 10.2. The van der Waals surface area contributed by atoms with Crippen molar-refractivity contribution in [3.8, 4) is 0 Å². The van der Waals surface area contributed by atoms with Crippen molar-refractivity contribution in [2.24, 2.45) is 0 Å². The quantitative estimate of drug-likeness (QED) is 0.813. The van der Waals surface area contributed by atoms with Gasteiger partial charge in [-0.1, -0.05) is 63.4 Å². The van der Waals surface area contributed by atoms with Crippen molar-refractivity contribution in [2.45, 2.75) is 52.1 Å². The van der Waals surface area contributed by atoms with Crippen molar-refractivity contribution >= 4 is 0 Å². The van der Waals surface area contributed by atoms with Crippen molar-refractivity contribution in [1.82, 2.24) is 0 Å². The summed E-state index contributed by atoms with van der Waals surface area (Å²) in [4.78, 5) is 0. The Labute approximate surface area is 116 Å². The van der Waals surface area contributed by atoms with Crippen LogP contribution in [0.2, 0.25) is 0 Å². The van der Waals surface area contributed by atoms with Crippen LogP contribution >= 0.6 is 0 Å². The summed E-state index contributed by atoms with van der Waals surface area (Å²) in [5.41, 5.74) is 1.04. The van der Waals surface area contributed by atoms with Crippen molar-refractivity contribution in [3.05, 3.63) is 35.9 Å². The van der Waals surface area contributed by atoms with Gasteiger partial charge in [0.1, 0.15) is 0 Å². The number of ether oxygens (including phenoxy) is 3. The molecule has 1 heterocycles. The maximum absolute atomic E-state index is 5.58. The van der Waals surface area contributed by atoms with E-state index in [2.05, 4.69) is 13.8 Å². The molecule has 108 valence electrons. The van der Waals surface area contributed by atoms with Crippen LogP contribution in [-0.4, -0.2) is 20.0 Å². The largest absolute Gasteiger partial charge is 0.356 e. The molecule has 2 unspecified atom stereocenters. The first kappa shape index (κ1) is 16.2. The Kier molecular flexibility index (Phi) is 8.47. The first-order valence-electron chi connectivity index (χ1n) is 7.16. The van der Waals surface area contributed by atoms with E-state index in [9.17, 15) is 0 Å². The standard InChI is InChI=1S/C11H14O3.C5H12/c1-12-10-7-8-13-11(14-10)9-5-3-2-4-6-9;1-3-5-4-2/h2-6,10-11H,7-8H2,1H3;3-5H2,1-2H3. The maximum Gasteiger partial charge on any atom is 0.186 e. The van der Waals surface area contributed by atoms with Gasteiger partial charge in [0.05, 0.1) is 6.61 Å². The molecule has 1 saturated heterocycles. The fourth-order valence-electron chi connectivity index (χ4n) is 1.83. The van der Waals surface area contributed by atoms with Gasteiger partial charge in [0.25, 0.3) is 0 Å². The summed E-state index contributed by atoms with van der Waals surface area (Å²) in [6.07, 6.45) is 4.44. The van der Waals surface area contributed by atoms with Gasteiger partial charge in [-0.3, -0.25) is 0 Å². The topological polar surface area (TPSA) is 27.7 Å². The minimum absolute atomic E-state index is 0.144. The Morgan fingerprint density at radius 2 is 1.84 bits per heavy atom. The minimum atomic E-state index is -0.283. The van der Waals surface area contributed by atoms with Gasteiger partial charge in [0, 0.05) is 19.1 Å². The normalized spacial score (nSPS) is 22.5. The Bertz CT molecular complexity index is 311. The highest BCUT2D eigenvalue weighted by Gasteiger charge is 2.23. The van der Waals surface area contributed by atoms with Crippen molar-refractivity contribution in [1.29, 1.82) is 0 Å². The molecule has 0 N–H and O–H groups in total. The summed E-state index contributed by atoms with van der Waals surface area (Å²) in [5, 5.41) is 0. The zero-order valence-electron chi connectivity index (χ0n) is 12.3. The van der Waals surface area contributed by atoms with E-state index >= 15 is 0 Å². The van der Waals surface area contributed by atoms with Crippen LogP contribution in [0.4, 0.5) is 0 Å². The third kappa shape index (κ3) is 6.19. The lowest BCUT2D eigenvalue weighted by Gasteiger charge is -2.29. The van der Waals surface area contributed by atoms with Crippen LogP contribution < -0.4 is 0 Å². The Morgan fingerprint density at radius 3 is 2.37 bits per heavy atom. The van der Waals surface area contributed by atoms with Crippen LogP contribution in [0.25, 0.3) is 0 Å². The second-order valence-electron chi connectivity index (χ2n) is 4.56. The monoisotopic (exact) mass is 266 g/mol. The number of hydrogen-bond donors (Lipinski definition) is 0. The summed E-state index contributed by atoms with van der Waals surface area (Å²) in [6.45, 7) is 5.10. The number of benzene rings is 1. The molecule has 1 aromatic rings. The van der Waals surface area contributed by atoms with Gasteiger partial charge < -0.3 is 14.2 Å². The van der Waals surface area contributed by atoms with Crippen LogP contribution in [0.5, 0.6) is 0 Å². The lowest BCUT2D eigenvalue weighted by Crippen LogP contribution is -2.28. The molecule has 1 aliphatic rings. The summed E-state index contributed by atoms with van der Waals surface area (Å²) < 4.78 is 16.2. The van der Waals surface area contributed by atoms with E-state index in [-0.39, 0.29) is 12.6 Å². The summed E-state index contributed by atoms with van der Waals surface area (Å²) in [5.74, 6) is 0. The van der Waals surface area contributed by atoms with E-state index < -0.39 is 0 Å². The van der Waals surface area contributed by atoms with E-state index in [1.165, 1.54) is 19.3 Å². The Hall–Kier alpha value is -0.900. The maximum atomic E-state index is 5.58. The van der Waals surface area contributed by atoms with Crippen molar-refractivity contribution in [3.63, 3.8) is 0 Å². The third-order valence-corrected chi connectivity index (χ3v) is 2.94. The van der Waals surface area contributed by atoms with Gasteiger partial charge in [-0.2, -0.15) is 0 Å². The van der Waals surface area contributed by atoms with Gasteiger partial charge in [-0.25, -0.2) is 0 Å². The summed E-state index contributed by atoms with van der Waals surface area (Å²) >= 11 is 0. The molecular weight excluding hydrogens is 240 g/mol. The molecular formula is C16H26O3. The average molecular weight is 266 g/mol. The highest BCUT2D eigenvalue weighted by atomic mass is 16.8. The van der Waals surface area contributed by atoms with E-state index in [1.807, 2.05) is 30.3 Å². The van der Waals surface area contributed by atoms with E-state index in [4.69, 9.17) is 14.2 Å². The zero-order valence-corrected chi connectivity index (χ0v) is 12.3. The molecule has 19 heavy (non-hydrogen) atoms. The predicted molar refractivity (Wildman–Crippen MR) is 76.8 cm³/mol. The van der Waals surface area contributed by atoms with E-state index in [0.717, 1.165) is 12.0 Å². The smallest absolute Gasteiger partial charge is 0.186 e. The minimum Gasteiger partial charge on any atom is -0.356 e. The fraction of sp³-hybridized carbons (Fsp3) is 0.625. The molecule has 0 saturated carbocycles. The molecule has 2 rings (SSSR count). The number of methoxy groups -OCH3 is 1. The van der Waals surface area contributed by atoms with Crippen LogP contribution in [0.1, 0.15) is 51.4 Å². The van der Waals surface area contributed by atoms with Gasteiger partial charge in [-0.15, -0.1) is 0 Å². The average Bonchev–Trinajstić information content (AvgIpc) is 2.50. The summed E-state index contributed by atoms with van der Waals surface area (Å²) in [6, 6.07) is 9.89. The highest BCUT2D eigenvalue weighted by molar-refractivity contribution is 5.16. The number of rotatable bonds is 4. The van der Waals surface area contributed by atoms with Gasteiger partial charge in [0.15, 0.2) is 12.6 Å². The molecule has 0 aromatic heterocycles. The molecule has 0 bridgehead atoms. The molecule has 2 atom stereocenters. The summed E-state index contributed by atoms with van der Waals surface area (Å²) in [7, 11) is 1.65. The van der Waals surface area contributed by atoms with Crippen molar-refractivity contribution < 1.29 is 14.2 Å². The molecule has 1 aliphatic heterocycles. The zero-order chi connectivity index (χ0) is 13.9. The van der Waals surface area contributed by atoms with Gasteiger partial charge >= 0.3 is 0 Å². The van der Waals surface area contributed by atoms with E-state index in [1.54, 1.807) is 7.11 Å². The predicted octanol–water partition coefficient (Wildman–Crippen LogP) is 4.29. The molecule has 1 aromatic carbocycles. The fourth-order valence-corrected chi connectivity index (χ4v) is 1.83. The van der Waals surface area contributed by atoms with Crippen LogP contribution in [0.15, 0.2) is 30.3 Å². The Balaban J connectivity index is 0.000000312. The number of hydrogen-bond acceptors (Lipinski definition) is 3. The number of unbranched alkanes of at least 4 members (excludes halogenated alkanes) is 2. The van der Waals surface area contributed by atoms with Crippen LogP contribution in [0, 0.1) is 0 Å². The molecule has 3 heteroatoms. The molecule has 1 fully saturated rings.